The quantitative estimate of drug-likeness (QED) is 0.558. The minimum atomic E-state index is -1.01. The molecule has 1 aromatic heterocycles. The number of amides is 1. The molecule has 9 heteroatoms. The van der Waals surface area contributed by atoms with Crippen molar-refractivity contribution < 1.29 is 14.8 Å². The van der Waals surface area contributed by atoms with Gasteiger partial charge in [-0.1, -0.05) is 0 Å². The lowest BCUT2D eigenvalue weighted by molar-refractivity contribution is -0.384. The number of piperidine rings is 1. The molecule has 9 nitrogen and oxygen atoms in total. The summed E-state index contributed by atoms with van der Waals surface area (Å²) in [5.41, 5.74) is 5.39. The lowest BCUT2D eigenvalue weighted by Gasteiger charge is -2.32. The van der Waals surface area contributed by atoms with Gasteiger partial charge in [-0.3, -0.25) is 10.1 Å². The molecule has 0 radical (unpaired) electrons. The number of hydrogen-bond acceptors (Lipinski definition) is 6. The zero-order valence-corrected chi connectivity index (χ0v) is 11.4. The fourth-order valence-corrected chi connectivity index (χ4v) is 2.39. The Morgan fingerprint density at radius 2 is 2.19 bits per heavy atom. The average Bonchev–Trinajstić information content (AvgIpc) is 2.45. The summed E-state index contributed by atoms with van der Waals surface area (Å²) in [6, 6.07) is 2.94. The van der Waals surface area contributed by atoms with Crippen molar-refractivity contribution in [3.63, 3.8) is 0 Å². The summed E-state index contributed by atoms with van der Waals surface area (Å²) in [7, 11) is 0. The van der Waals surface area contributed by atoms with Gasteiger partial charge in [-0.15, -0.1) is 0 Å². The molecule has 2 heterocycles. The van der Waals surface area contributed by atoms with E-state index in [2.05, 4.69) is 10.3 Å². The predicted octanol–water partition coefficient (Wildman–Crippen LogP) is 1.06. The molecule has 1 aliphatic heterocycles. The fraction of sp³-hybridized carbons (Fsp3) is 0.500. The number of nitrogens with zero attached hydrogens (tertiary/aromatic N) is 3. The Balaban J connectivity index is 1.94. The molecule has 4 N–H and O–H groups in total. The van der Waals surface area contributed by atoms with Gasteiger partial charge in [0.05, 0.1) is 4.92 Å². The van der Waals surface area contributed by atoms with Crippen LogP contribution in [-0.4, -0.2) is 40.7 Å². The number of nitro groups is 1. The minimum Gasteiger partial charge on any atom is -0.465 e. The molecule has 0 atom stereocenters. The van der Waals surface area contributed by atoms with E-state index in [1.807, 2.05) is 4.90 Å². The van der Waals surface area contributed by atoms with Gasteiger partial charge >= 0.3 is 11.8 Å². The maximum atomic E-state index is 10.7. The van der Waals surface area contributed by atoms with Crippen LogP contribution in [0.15, 0.2) is 12.1 Å². The summed E-state index contributed by atoms with van der Waals surface area (Å²) in [6.45, 7) is 1.88. The number of nitrogen functional groups attached to an aromatic ring is 1. The van der Waals surface area contributed by atoms with E-state index in [9.17, 15) is 14.9 Å². The molecule has 1 amide bonds. The van der Waals surface area contributed by atoms with Crippen molar-refractivity contribution in [2.45, 2.75) is 12.8 Å². The lowest BCUT2D eigenvalue weighted by atomic mass is 9.97. The van der Waals surface area contributed by atoms with Gasteiger partial charge in [0.25, 0.3) is 0 Å². The Labute approximate surface area is 120 Å². The second-order valence-corrected chi connectivity index (χ2v) is 4.95. The minimum absolute atomic E-state index is 0.0906. The molecule has 1 aliphatic rings. The zero-order chi connectivity index (χ0) is 15.4. The maximum absolute atomic E-state index is 10.7. The van der Waals surface area contributed by atoms with Crippen LogP contribution >= 0.6 is 0 Å². The number of nitrogens with one attached hydrogen (secondary N) is 1. The van der Waals surface area contributed by atoms with E-state index >= 15 is 0 Å². The number of nitrogens with two attached hydrogens (primary N) is 1. The third kappa shape index (κ3) is 3.71. The monoisotopic (exact) mass is 295 g/mol. The molecule has 1 aromatic rings. The first-order valence-electron chi connectivity index (χ1n) is 6.60. The van der Waals surface area contributed by atoms with Gasteiger partial charge in [-0.2, -0.15) is 0 Å². The number of aromatic nitrogens is 1. The van der Waals surface area contributed by atoms with Crippen molar-refractivity contribution in [1.29, 1.82) is 0 Å². The number of carbonyl (C=O) groups is 1. The van der Waals surface area contributed by atoms with Crippen LogP contribution in [0.4, 0.5) is 22.1 Å². The van der Waals surface area contributed by atoms with Crippen LogP contribution in [0.2, 0.25) is 0 Å². The van der Waals surface area contributed by atoms with Gasteiger partial charge in [-0.05, 0) is 24.8 Å². The van der Waals surface area contributed by atoms with Crippen molar-refractivity contribution in [3.05, 3.63) is 22.2 Å². The molecule has 0 bridgehead atoms. The van der Waals surface area contributed by atoms with Crippen LogP contribution in [0.1, 0.15) is 12.8 Å². The van der Waals surface area contributed by atoms with E-state index in [1.165, 1.54) is 6.07 Å². The summed E-state index contributed by atoms with van der Waals surface area (Å²) in [4.78, 5) is 26.7. The average molecular weight is 295 g/mol. The van der Waals surface area contributed by atoms with Crippen molar-refractivity contribution in [3.8, 4) is 0 Å². The van der Waals surface area contributed by atoms with Crippen molar-refractivity contribution >= 4 is 23.4 Å². The Morgan fingerprint density at radius 1 is 1.52 bits per heavy atom. The smallest absolute Gasteiger partial charge is 0.404 e. The van der Waals surface area contributed by atoms with Crippen molar-refractivity contribution in [1.82, 2.24) is 10.3 Å². The number of hydrogen-bond donors (Lipinski definition) is 3. The molecule has 1 saturated heterocycles. The first kappa shape index (κ1) is 14.8. The normalized spacial score (nSPS) is 15.7. The van der Waals surface area contributed by atoms with Gasteiger partial charge in [0, 0.05) is 25.7 Å². The molecule has 21 heavy (non-hydrogen) atoms. The van der Waals surface area contributed by atoms with E-state index in [4.69, 9.17) is 10.8 Å². The highest BCUT2D eigenvalue weighted by Gasteiger charge is 2.22. The first-order valence-corrected chi connectivity index (χ1v) is 6.60. The van der Waals surface area contributed by atoms with Crippen LogP contribution in [0.25, 0.3) is 0 Å². The molecular formula is C12H17N5O4. The van der Waals surface area contributed by atoms with Gasteiger partial charge in [0.2, 0.25) is 5.82 Å². The van der Waals surface area contributed by atoms with E-state index in [1.54, 1.807) is 6.07 Å². The number of pyridine rings is 1. The second kappa shape index (κ2) is 6.25. The van der Waals surface area contributed by atoms with E-state index in [0.717, 1.165) is 25.9 Å². The third-order valence-electron chi connectivity index (χ3n) is 3.56. The van der Waals surface area contributed by atoms with Crippen LogP contribution in [-0.2, 0) is 0 Å². The number of rotatable bonds is 4. The predicted molar refractivity (Wildman–Crippen MR) is 76.3 cm³/mol. The van der Waals surface area contributed by atoms with E-state index in [-0.39, 0.29) is 11.5 Å². The highest BCUT2D eigenvalue weighted by Crippen LogP contribution is 2.26. The molecule has 0 saturated carbocycles. The highest BCUT2D eigenvalue weighted by molar-refractivity contribution is 5.64. The van der Waals surface area contributed by atoms with Crippen molar-refractivity contribution in [2.75, 3.05) is 30.3 Å². The first-order chi connectivity index (χ1) is 9.97. The standard InChI is InChI=1S/C12H17N5O4/c13-11-9(17(20)21)1-2-10(15-11)16-5-3-8(4-6-16)7-14-12(18)19/h1-2,8,14H,3-7H2,(H2,13,15)(H,18,19). The molecule has 114 valence electrons. The third-order valence-corrected chi connectivity index (χ3v) is 3.56. The summed E-state index contributed by atoms with van der Waals surface area (Å²) < 4.78 is 0. The SMILES string of the molecule is Nc1nc(N2CCC(CNC(=O)O)CC2)ccc1[N+](=O)[O-]. The van der Waals surface area contributed by atoms with Gasteiger partial charge in [-0.25, -0.2) is 9.78 Å². The summed E-state index contributed by atoms with van der Waals surface area (Å²) in [5, 5.41) is 21.7. The molecule has 0 spiro atoms. The van der Waals surface area contributed by atoms with Crippen molar-refractivity contribution in [2.24, 2.45) is 5.92 Å². The highest BCUT2D eigenvalue weighted by atomic mass is 16.6. The Bertz CT molecular complexity index is 542. The van der Waals surface area contributed by atoms with Crippen LogP contribution in [0.5, 0.6) is 0 Å². The number of anilines is 2. The summed E-state index contributed by atoms with van der Waals surface area (Å²) >= 11 is 0. The van der Waals surface area contributed by atoms with Crippen LogP contribution < -0.4 is 16.0 Å². The molecule has 0 unspecified atom stereocenters. The second-order valence-electron chi connectivity index (χ2n) is 4.95. The molecule has 0 aliphatic carbocycles. The zero-order valence-electron chi connectivity index (χ0n) is 11.4. The van der Waals surface area contributed by atoms with Crippen LogP contribution in [0.3, 0.4) is 0 Å². The molecule has 0 aromatic carbocycles. The van der Waals surface area contributed by atoms with E-state index in [0.29, 0.717) is 18.3 Å². The van der Waals surface area contributed by atoms with Crippen LogP contribution in [0, 0.1) is 16.0 Å². The van der Waals surface area contributed by atoms with Gasteiger partial charge in [0.1, 0.15) is 5.82 Å². The Kier molecular flexibility index (Phi) is 4.41. The summed E-state index contributed by atoms with van der Waals surface area (Å²) in [5.74, 6) is 0.822. The Hall–Kier alpha value is -2.58. The molecule has 2 rings (SSSR count). The Morgan fingerprint density at radius 3 is 2.71 bits per heavy atom. The van der Waals surface area contributed by atoms with Gasteiger partial charge in [0.15, 0.2) is 0 Å². The maximum Gasteiger partial charge on any atom is 0.404 e. The fourth-order valence-electron chi connectivity index (χ4n) is 2.39. The largest absolute Gasteiger partial charge is 0.465 e. The van der Waals surface area contributed by atoms with E-state index < -0.39 is 11.0 Å². The molecular weight excluding hydrogens is 278 g/mol. The lowest BCUT2D eigenvalue weighted by Crippen LogP contribution is -2.38. The summed E-state index contributed by atoms with van der Waals surface area (Å²) in [6.07, 6.45) is 0.653. The topological polar surface area (TPSA) is 135 Å². The number of carboxylic acid groups (broad SMARTS) is 1. The molecule has 1 fully saturated rings. The van der Waals surface area contributed by atoms with Gasteiger partial charge < -0.3 is 21.1 Å².